The second-order valence-corrected chi connectivity index (χ2v) is 6.90. The average molecular weight is 343 g/mol. The van der Waals surface area contributed by atoms with Gasteiger partial charge in [0, 0.05) is 11.6 Å². The van der Waals surface area contributed by atoms with E-state index in [2.05, 4.69) is 40.0 Å². The fraction of sp³-hybridized carbons (Fsp3) is 0.625. The summed E-state index contributed by atoms with van der Waals surface area (Å²) in [6.07, 6.45) is 3.38. The number of nitrogens with one attached hydrogen (secondary N) is 1. The van der Waals surface area contributed by atoms with Gasteiger partial charge in [0.25, 0.3) is 0 Å². The van der Waals surface area contributed by atoms with E-state index in [1.807, 2.05) is 13.1 Å². The maximum absolute atomic E-state index is 13.7. The highest BCUT2D eigenvalue weighted by Crippen LogP contribution is 2.29. The molecule has 112 valence electrons. The molecule has 20 heavy (non-hydrogen) atoms. The lowest BCUT2D eigenvalue weighted by Crippen LogP contribution is -2.57. The molecule has 0 aromatic heterocycles. The normalized spacial score (nSPS) is 18.4. The molecule has 1 aromatic rings. The first-order chi connectivity index (χ1) is 9.46. The Morgan fingerprint density at radius 1 is 1.35 bits per heavy atom. The highest BCUT2D eigenvalue weighted by Gasteiger charge is 2.36. The van der Waals surface area contributed by atoms with Crippen LogP contribution in [0.2, 0.25) is 0 Å². The highest BCUT2D eigenvalue weighted by atomic mass is 79.9. The molecule has 4 heteroatoms. The minimum Gasteiger partial charge on any atom is -0.315 e. The first-order valence-electron chi connectivity index (χ1n) is 7.32. The van der Waals surface area contributed by atoms with Gasteiger partial charge in [0.15, 0.2) is 0 Å². The Bertz CT molecular complexity index is 456. The molecule has 1 fully saturated rings. The molecule has 2 rings (SSSR count). The Morgan fingerprint density at radius 2 is 2.00 bits per heavy atom. The molecular formula is C16H24BrFN2. The van der Waals surface area contributed by atoms with Gasteiger partial charge in [-0.15, -0.1) is 0 Å². The van der Waals surface area contributed by atoms with Gasteiger partial charge in [-0.05, 0) is 80.8 Å². The maximum Gasteiger partial charge on any atom is 0.137 e. The van der Waals surface area contributed by atoms with Crippen LogP contribution in [-0.4, -0.2) is 36.6 Å². The van der Waals surface area contributed by atoms with Crippen LogP contribution in [0, 0.1) is 5.82 Å². The second kappa shape index (κ2) is 6.54. The van der Waals surface area contributed by atoms with E-state index in [9.17, 15) is 4.39 Å². The van der Waals surface area contributed by atoms with E-state index >= 15 is 0 Å². The van der Waals surface area contributed by atoms with Gasteiger partial charge in [-0.1, -0.05) is 12.1 Å². The van der Waals surface area contributed by atoms with E-state index in [-0.39, 0.29) is 11.4 Å². The van der Waals surface area contributed by atoms with Crippen molar-refractivity contribution in [2.75, 3.05) is 20.1 Å². The molecule has 0 bridgehead atoms. The summed E-state index contributed by atoms with van der Waals surface area (Å²) in [6.45, 7) is 6.89. The van der Waals surface area contributed by atoms with Gasteiger partial charge in [-0.2, -0.15) is 0 Å². The van der Waals surface area contributed by atoms with Crippen LogP contribution >= 0.6 is 15.9 Å². The number of likely N-dealkylation sites (N-methyl/N-ethyl adjacent to an activating group) is 1. The lowest BCUT2D eigenvalue weighted by atomic mass is 9.87. The van der Waals surface area contributed by atoms with Gasteiger partial charge >= 0.3 is 0 Å². The van der Waals surface area contributed by atoms with E-state index in [4.69, 9.17) is 0 Å². The van der Waals surface area contributed by atoms with Crippen molar-refractivity contribution in [3.8, 4) is 0 Å². The van der Waals surface area contributed by atoms with Crippen molar-refractivity contribution in [2.45, 2.75) is 44.7 Å². The molecule has 0 aliphatic carbocycles. The summed E-state index contributed by atoms with van der Waals surface area (Å²) in [4.78, 5) is 2.54. The van der Waals surface area contributed by atoms with Crippen LogP contribution in [-0.2, 0) is 6.42 Å². The first-order valence-corrected chi connectivity index (χ1v) is 8.11. The predicted molar refractivity (Wildman–Crippen MR) is 85.5 cm³/mol. The quantitative estimate of drug-likeness (QED) is 0.879. The van der Waals surface area contributed by atoms with Crippen LogP contribution in [0.1, 0.15) is 32.3 Å². The van der Waals surface area contributed by atoms with Crippen LogP contribution < -0.4 is 5.32 Å². The summed E-state index contributed by atoms with van der Waals surface area (Å²) >= 11 is 3.37. The Labute approximate surface area is 129 Å². The van der Waals surface area contributed by atoms with E-state index in [0.717, 1.165) is 25.1 Å². The van der Waals surface area contributed by atoms with Crippen LogP contribution in [0.4, 0.5) is 4.39 Å². The fourth-order valence-corrected chi connectivity index (χ4v) is 3.57. The molecule has 1 atom stereocenters. The van der Waals surface area contributed by atoms with Crippen molar-refractivity contribution in [3.63, 3.8) is 0 Å². The summed E-state index contributed by atoms with van der Waals surface area (Å²) in [5.41, 5.74) is 1.09. The number of benzene rings is 1. The van der Waals surface area contributed by atoms with Gasteiger partial charge < -0.3 is 5.32 Å². The summed E-state index contributed by atoms with van der Waals surface area (Å²) in [5.74, 6) is -0.184. The fourth-order valence-electron chi connectivity index (χ4n) is 3.14. The smallest absolute Gasteiger partial charge is 0.137 e. The molecule has 0 saturated carbocycles. The van der Waals surface area contributed by atoms with E-state index < -0.39 is 0 Å². The maximum atomic E-state index is 13.7. The standard InChI is InChI=1S/C16H24BrFN2/c1-16(2,20-9-4-5-10-20)14(19-3)11-12-7-6-8-13(18)15(12)17/h6-8,14,19H,4-5,9-11H2,1-3H3. The van der Waals surface area contributed by atoms with Crippen molar-refractivity contribution in [3.05, 3.63) is 34.1 Å². The van der Waals surface area contributed by atoms with Crippen LogP contribution in [0.15, 0.2) is 22.7 Å². The van der Waals surface area contributed by atoms with Gasteiger partial charge in [-0.25, -0.2) is 4.39 Å². The number of halogens is 2. The lowest BCUT2D eigenvalue weighted by molar-refractivity contribution is 0.110. The lowest BCUT2D eigenvalue weighted by Gasteiger charge is -2.42. The average Bonchev–Trinajstić information content (AvgIpc) is 2.95. The molecule has 0 amide bonds. The van der Waals surface area contributed by atoms with Crippen molar-refractivity contribution in [1.29, 1.82) is 0 Å². The van der Waals surface area contributed by atoms with Gasteiger partial charge in [-0.3, -0.25) is 4.90 Å². The Morgan fingerprint density at radius 3 is 2.60 bits per heavy atom. The van der Waals surface area contributed by atoms with Crippen molar-refractivity contribution in [1.82, 2.24) is 10.2 Å². The number of nitrogens with zero attached hydrogens (tertiary/aromatic N) is 1. The third kappa shape index (κ3) is 3.23. The molecule has 0 radical (unpaired) electrons. The number of likely N-dealkylation sites (tertiary alicyclic amines) is 1. The van der Waals surface area contributed by atoms with Gasteiger partial charge in [0.05, 0.1) is 4.47 Å². The van der Waals surface area contributed by atoms with Crippen molar-refractivity contribution < 1.29 is 4.39 Å². The van der Waals surface area contributed by atoms with Crippen LogP contribution in [0.5, 0.6) is 0 Å². The molecule has 1 aliphatic heterocycles. The molecule has 1 aliphatic rings. The Balaban J connectivity index is 2.17. The number of hydrogen-bond donors (Lipinski definition) is 1. The minimum atomic E-state index is -0.184. The largest absolute Gasteiger partial charge is 0.315 e. The summed E-state index contributed by atoms with van der Waals surface area (Å²) in [7, 11) is 2.00. The monoisotopic (exact) mass is 342 g/mol. The molecule has 2 nitrogen and oxygen atoms in total. The highest BCUT2D eigenvalue weighted by molar-refractivity contribution is 9.10. The summed E-state index contributed by atoms with van der Waals surface area (Å²) < 4.78 is 14.2. The Hall–Kier alpha value is -0.450. The summed E-state index contributed by atoms with van der Waals surface area (Å²) in [5, 5.41) is 3.43. The Kier molecular flexibility index (Phi) is 5.21. The van der Waals surface area contributed by atoms with Gasteiger partial charge in [0.1, 0.15) is 5.82 Å². The topological polar surface area (TPSA) is 15.3 Å². The molecule has 1 saturated heterocycles. The summed E-state index contributed by atoms with van der Waals surface area (Å²) in [6, 6.07) is 5.56. The molecule has 1 aromatic carbocycles. The molecule has 0 spiro atoms. The van der Waals surface area contributed by atoms with Crippen LogP contribution in [0.3, 0.4) is 0 Å². The third-order valence-corrected chi connectivity index (χ3v) is 5.47. The van der Waals surface area contributed by atoms with E-state index in [1.165, 1.54) is 18.9 Å². The molecule has 1 unspecified atom stereocenters. The van der Waals surface area contributed by atoms with E-state index in [0.29, 0.717) is 10.5 Å². The number of rotatable bonds is 5. The third-order valence-electron chi connectivity index (χ3n) is 4.58. The first kappa shape index (κ1) is 15.9. The number of hydrogen-bond acceptors (Lipinski definition) is 2. The van der Waals surface area contributed by atoms with Gasteiger partial charge in [0.2, 0.25) is 0 Å². The van der Waals surface area contributed by atoms with Crippen molar-refractivity contribution in [2.24, 2.45) is 0 Å². The SMILES string of the molecule is CNC(Cc1cccc(F)c1Br)C(C)(C)N1CCCC1. The minimum absolute atomic E-state index is 0.0665. The molecule has 1 N–H and O–H groups in total. The van der Waals surface area contributed by atoms with Crippen molar-refractivity contribution >= 4 is 15.9 Å². The zero-order valence-corrected chi connectivity index (χ0v) is 14.1. The zero-order valence-electron chi connectivity index (χ0n) is 12.5. The second-order valence-electron chi connectivity index (χ2n) is 6.11. The predicted octanol–water partition coefficient (Wildman–Crippen LogP) is 3.59. The van der Waals surface area contributed by atoms with Crippen LogP contribution in [0.25, 0.3) is 0 Å². The molecular weight excluding hydrogens is 319 g/mol. The zero-order chi connectivity index (χ0) is 14.8. The molecule has 1 heterocycles. The van der Waals surface area contributed by atoms with E-state index in [1.54, 1.807) is 6.07 Å².